The Bertz CT molecular complexity index is 1220. The van der Waals surface area contributed by atoms with Crippen molar-refractivity contribution < 1.29 is 19.3 Å². The number of nitrogens with zero attached hydrogens (tertiary/aromatic N) is 2. The van der Waals surface area contributed by atoms with Gasteiger partial charge in [0, 0.05) is 23.7 Å². The quantitative estimate of drug-likeness (QED) is 0.486. The Kier molecular flexibility index (Phi) is 5.03. The molecule has 30 heavy (non-hydrogen) atoms. The van der Waals surface area contributed by atoms with Crippen LogP contribution in [0, 0.1) is 0 Å². The molecule has 7 heteroatoms. The van der Waals surface area contributed by atoms with Crippen molar-refractivity contribution in [3.63, 3.8) is 0 Å². The second kappa shape index (κ2) is 7.67. The minimum absolute atomic E-state index is 0.150. The lowest BCUT2D eigenvalue weighted by Crippen LogP contribution is -1.97. The molecule has 0 radical (unpaired) electrons. The summed E-state index contributed by atoms with van der Waals surface area (Å²) in [7, 11) is 4.75. The van der Waals surface area contributed by atoms with Crippen LogP contribution < -0.4 is 19.9 Å². The normalized spacial score (nSPS) is 11.2. The fraction of sp³-hybridized carbons (Fsp3) is 0.261. The summed E-state index contributed by atoms with van der Waals surface area (Å²) >= 11 is 0. The van der Waals surface area contributed by atoms with Crippen LogP contribution in [0.4, 0.5) is 5.69 Å². The van der Waals surface area contributed by atoms with Gasteiger partial charge in [0.2, 0.25) is 11.6 Å². The monoisotopic (exact) mass is 407 g/mol. The number of fused-ring (bicyclic) bond motifs is 2. The van der Waals surface area contributed by atoms with Gasteiger partial charge in [-0.25, -0.2) is 4.98 Å². The summed E-state index contributed by atoms with van der Waals surface area (Å²) in [6.07, 6.45) is 2.74. The van der Waals surface area contributed by atoms with Crippen LogP contribution in [0.3, 0.4) is 0 Å². The molecule has 0 atom stereocenters. The summed E-state index contributed by atoms with van der Waals surface area (Å²) in [5, 5.41) is 12.0. The number of nitrogens with two attached hydrogens (primary N) is 1. The first kappa shape index (κ1) is 19.7. The molecule has 4 aromatic rings. The second-order valence-corrected chi connectivity index (χ2v) is 7.05. The summed E-state index contributed by atoms with van der Waals surface area (Å²) in [5.41, 5.74) is 10.1. The number of ether oxygens (including phenoxy) is 3. The lowest BCUT2D eigenvalue weighted by Gasteiger charge is -2.15. The van der Waals surface area contributed by atoms with Crippen molar-refractivity contribution in [1.29, 1.82) is 0 Å². The molecule has 3 N–H and O–H groups in total. The number of pyridine rings is 1. The van der Waals surface area contributed by atoms with Crippen LogP contribution in [0.25, 0.3) is 32.9 Å². The van der Waals surface area contributed by atoms with E-state index >= 15 is 0 Å². The highest BCUT2D eigenvalue weighted by Crippen LogP contribution is 2.44. The molecule has 2 aromatic carbocycles. The molecule has 0 aliphatic heterocycles. The SMILES string of the molecule is CCCn1cc2nc3c(-c4cc(OC)c(OC)c(OC)c4)cccc3c(N)c2c1O. The number of anilines is 1. The topological polar surface area (TPSA) is 91.8 Å². The molecule has 0 aliphatic carbocycles. The van der Waals surface area contributed by atoms with Crippen LogP contribution in [0.15, 0.2) is 36.5 Å². The lowest BCUT2D eigenvalue weighted by atomic mass is 9.99. The van der Waals surface area contributed by atoms with Crippen molar-refractivity contribution >= 4 is 27.5 Å². The molecule has 156 valence electrons. The van der Waals surface area contributed by atoms with Gasteiger partial charge in [-0.15, -0.1) is 0 Å². The fourth-order valence-corrected chi connectivity index (χ4v) is 3.89. The molecule has 0 unspecified atom stereocenters. The number of hydrogen-bond acceptors (Lipinski definition) is 6. The highest BCUT2D eigenvalue weighted by molar-refractivity contribution is 6.12. The Balaban J connectivity index is 2.02. The molecule has 0 fully saturated rings. The first-order chi connectivity index (χ1) is 14.5. The number of hydrogen-bond donors (Lipinski definition) is 2. The van der Waals surface area contributed by atoms with Gasteiger partial charge in [0.1, 0.15) is 0 Å². The van der Waals surface area contributed by atoms with Gasteiger partial charge >= 0.3 is 0 Å². The minimum atomic E-state index is 0.150. The van der Waals surface area contributed by atoms with E-state index in [1.54, 1.807) is 25.9 Å². The largest absolute Gasteiger partial charge is 0.494 e. The average molecular weight is 407 g/mol. The van der Waals surface area contributed by atoms with E-state index in [0.717, 1.165) is 28.5 Å². The fourth-order valence-electron chi connectivity index (χ4n) is 3.89. The second-order valence-electron chi connectivity index (χ2n) is 7.05. The van der Waals surface area contributed by atoms with Crippen LogP contribution in [-0.2, 0) is 6.54 Å². The van der Waals surface area contributed by atoms with Crippen LogP contribution in [0.2, 0.25) is 0 Å². The molecule has 2 aromatic heterocycles. The molecular formula is C23H25N3O4. The van der Waals surface area contributed by atoms with Gasteiger partial charge in [0.15, 0.2) is 11.5 Å². The Morgan fingerprint density at radius 1 is 1.07 bits per heavy atom. The molecule has 0 saturated carbocycles. The predicted molar refractivity (Wildman–Crippen MR) is 119 cm³/mol. The van der Waals surface area contributed by atoms with Gasteiger partial charge in [0.05, 0.1) is 43.4 Å². The molecule has 4 rings (SSSR count). The Morgan fingerprint density at radius 3 is 2.37 bits per heavy atom. The van der Waals surface area contributed by atoms with Gasteiger partial charge in [-0.1, -0.05) is 25.1 Å². The zero-order chi connectivity index (χ0) is 21.4. The first-order valence-corrected chi connectivity index (χ1v) is 9.74. The summed E-state index contributed by atoms with van der Waals surface area (Å²) in [4.78, 5) is 4.86. The Labute approximate surface area is 174 Å². The average Bonchev–Trinajstić information content (AvgIpc) is 3.08. The Morgan fingerprint density at radius 2 is 1.77 bits per heavy atom. The van der Waals surface area contributed by atoms with E-state index in [0.29, 0.717) is 40.4 Å². The summed E-state index contributed by atoms with van der Waals surface area (Å²) < 4.78 is 18.2. The summed E-state index contributed by atoms with van der Waals surface area (Å²) in [5.74, 6) is 1.80. The number of aryl methyl sites for hydroxylation is 1. The van der Waals surface area contributed by atoms with Crippen LogP contribution in [-0.4, -0.2) is 36.0 Å². The summed E-state index contributed by atoms with van der Waals surface area (Å²) in [6.45, 7) is 2.75. The maximum Gasteiger partial charge on any atom is 0.203 e. The van der Waals surface area contributed by atoms with Gasteiger partial charge in [-0.3, -0.25) is 0 Å². The third-order valence-electron chi connectivity index (χ3n) is 5.30. The predicted octanol–water partition coefficient (Wildman–Crippen LogP) is 4.58. The van der Waals surface area contributed by atoms with Crippen molar-refractivity contribution in [2.45, 2.75) is 19.9 Å². The third kappa shape index (κ3) is 2.94. The van der Waals surface area contributed by atoms with E-state index in [1.165, 1.54) is 0 Å². The zero-order valence-electron chi connectivity index (χ0n) is 17.5. The van der Waals surface area contributed by atoms with E-state index in [9.17, 15) is 5.11 Å². The van der Waals surface area contributed by atoms with Gasteiger partial charge < -0.3 is 29.6 Å². The van der Waals surface area contributed by atoms with Crippen molar-refractivity contribution in [3.8, 4) is 34.3 Å². The number of aromatic hydroxyl groups is 1. The summed E-state index contributed by atoms with van der Waals surface area (Å²) in [6, 6.07) is 9.58. The number of aromatic nitrogens is 2. The van der Waals surface area contributed by atoms with Crippen LogP contribution >= 0.6 is 0 Å². The number of rotatable bonds is 6. The molecular weight excluding hydrogens is 382 g/mol. The zero-order valence-corrected chi connectivity index (χ0v) is 17.5. The van der Waals surface area contributed by atoms with E-state index in [4.69, 9.17) is 24.9 Å². The van der Waals surface area contributed by atoms with E-state index < -0.39 is 0 Å². The molecule has 0 spiro atoms. The molecule has 0 amide bonds. The van der Waals surface area contributed by atoms with E-state index in [-0.39, 0.29) is 5.88 Å². The van der Waals surface area contributed by atoms with Crippen molar-refractivity contribution in [2.24, 2.45) is 0 Å². The molecule has 2 heterocycles. The van der Waals surface area contributed by atoms with Crippen molar-refractivity contribution in [3.05, 3.63) is 36.5 Å². The number of para-hydroxylation sites is 1. The van der Waals surface area contributed by atoms with Crippen LogP contribution in [0.1, 0.15) is 13.3 Å². The smallest absolute Gasteiger partial charge is 0.203 e. The minimum Gasteiger partial charge on any atom is -0.494 e. The van der Waals surface area contributed by atoms with E-state index in [2.05, 4.69) is 6.92 Å². The highest BCUT2D eigenvalue weighted by Gasteiger charge is 2.19. The maximum absolute atomic E-state index is 10.6. The van der Waals surface area contributed by atoms with Gasteiger partial charge in [0.25, 0.3) is 0 Å². The third-order valence-corrected chi connectivity index (χ3v) is 5.30. The molecule has 7 nitrogen and oxygen atoms in total. The number of benzene rings is 2. The molecule has 0 bridgehead atoms. The van der Waals surface area contributed by atoms with Crippen molar-refractivity contribution in [2.75, 3.05) is 27.1 Å². The number of methoxy groups -OCH3 is 3. The highest BCUT2D eigenvalue weighted by atomic mass is 16.5. The van der Waals surface area contributed by atoms with Gasteiger partial charge in [-0.05, 0) is 24.1 Å². The lowest BCUT2D eigenvalue weighted by molar-refractivity contribution is 0.324. The Hall–Kier alpha value is -3.61. The molecule has 0 saturated heterocycles. The number of nitrogen functional groups attached to an aromatic ring is 1. The van der Waals surface area contributed by atoms with Crippen LogP contribution in [0.5, 0.6) is 23.1 Å². The van der Waals surface area contributed by atoms with Crippen molar-refractivity contribution in [1.82, 2.24) is 9.55 Å². The van der Waals surface area contributed by atoms with Gasteiger partial charge in [-0.2, -0.15) is 0 Å². The first-order valence-electron chi connectivity index (χ1n) is 9.74. The van der Waals surface area contributed by atoms with E-state index in [1.807, 2.05) is 36.5 Å². The maximum atomic E-state index is 10.6. The standard InChI is InChI=1S/C23H25N3O4/c1-5-9-26-12-16-19(23(26)27)20(24)15-8-6-7-14(21(15)25-16)13-10-17(28-2)22(30-4)18(11-13)29-3/h6-8,10-12,27H,5,9,24H2,1-4H3. The molecule has 0 aliphatic rings.